The van der Waals surface area contributed by atoms with Gasteiger partial charge in [0.25, 0.3) is 0 Å². The summed E-state index contributed by atoms with van der Waals surface area (Å²) in [6, 6.07) is 14.3. The fourth-order valence-corrected chi connectivity index (χ4v) is 4.01. The van der Waals surface area contributed by atoms with Crippen molar-refractivity contribution in [3.63, 3.8) is 0 Å². The first-order valence-electron chi connectivity index (χ1n) is 10.1. The van der Waals surface area contributed by atoms with Crippen molar-refractivity contribution in [3.8, 4) is 0 Å². The lowest BCUT2D eigenvalue weighted by Gasteiger charge is -2.22. The molecule has 3 N–H and O–H groups in total. The van der Waals surface area contributed by atoms with E-state index in [1.54, 1.807) is 5.48 Å². The maximum absolute atomic E-state index is 11.0. The Labute approximate surface area is 169 Å². The van der Waals surface area contributed by atoms with Crippen LogP contribution in [-0.4, -0.2) is 22.3 Å². The molecule has 0 aliphatic heterocycles. The highest BCUT2D eigenvalue weighted by molar-refractivity contribution is 6.08. The first-order valence-corrected chi connectivity index (χ1v) is 10.1. The minimum Gasteiger partial charge on any atom is -0.455 e. The molecule has 1 heterocycles. The third kappa shape index (κ3) is 4.11. The minimum atomic E-state index is -0.441. The van der Waals surface area contributed by atoms with E-state index in [-0.39, 0.29) is 18.2 Å². The lowest BCUT2D eigenvalue weighted by Crippen LogP contribution is -2.20. The van der Waals surface area contributed by atoms with Crippen LogP contribution in [0.2, 0.25) is 0 Å². The number of furan rings is 1. The average molecular weight is 391 g/mol. The van der Waals surface area contributed by atoms with E-state index in [0.717, 1.165) is 45.9 Å². The van der Waals surface area contributed by atoms with Crippen molar-refractivity contribution in [1.82, 2.24) is 5.48 Å². The molecule has 150 valence electrons. The topological polar surface area (TPSA) is 82.7 Å². The normalized spacial score (nSPS) is 17.4. The van der Waals surface area contributed by atoms with Gasteiger partial charge in [-0.2, -0.15) is 0 Å². The summed E-state index contributed by atoms with van der Waals surface area (Å²) in [4.78, 5) is 11.0. The van der Waals surface area contributed by atoms with E-state index in [9.17, 15) is 9.90 Å². The van der Waals surface area contributed by atoms with Gasteiger partial charge in [0.1, 0.15) is 11.2 Å². The Morgan fingerprint density at radius 2 is 1.97 bits per heavy atom. The number of aliphatic hydroxyl groups is 1. The van der Waals surface area contributed by atoms with E-state index in [1.807, 2.05) is 18.2 Å². The summed E-state index contributed by atoms with van der Waals surface area (Å²) in [7, 11) is 0. The quantitative estimate of drug-likeness (QED) is 0.302. The van der Waals surface area contributed by atoms with Crippen molar-refractivity contribution in [2.45, 2.75) is 38.2 Å². The van der Waals surface area contributed by atoms with E-state index in [4.69, 9.17) is 9.62 Å². The van der Waals surface area contributed by atoms with E-state index in [1.165, 1.54) is 0 Å². The van der Waals surface area contributed by atoms with Crippen molar-refractivity contribution in [2.75, 3.05) is 0 Å². The molecular weight excluding hydrogens is 366 g/mol. The number of hydrogen-bond acceptors (Lipinski definition) is 4. The number of benzene rings is 2. The number of fused-ring (bicyclic) bond motifs is 3. The number of allylic oxidation sites excluding steroid dienone is 3. The fourth-order valence-electron chi connectivity index (χ4n) is 4.01. The Hall–Kier alpha value is -2.89. The number of para-hydroxylation sites is 2. The third-order valence-electron chi connectivity index (χ3n) is 5.62. The summed E-state index contributed by atoms with van der Waals surface area (Å²) in [5, 5.41) is 21.2. The summed E-state index contributed by atoms with van der Waals surface area (Å²) in [6.45, 7) is 0. The molecule has 0 saturated heterocycles. The molecule has 3 aromatic rings. The van der Waals surface area contributed by atoms with Crippen LogP contribution in [-0.2, 0) is 4.79 Å². The van der Waals surface area contributed by atoms with Gasteiger partial charge in [0.05, 0.1) is 6.10 Å². The van der Waals surface area contributed by atoms with Crippen LogP contribution in [0, 0.1) is 5.92 Å². The van der Waals surface area contributed by atoms with Gasteiger partial charge in [-0.1, -0.05) is 61.0 Å². The highest BCUT2D eigenvalue weighted by Gasteiger charge is 2.20. The third-order valence-corrected chi connectivity index (χ3v) is 5.62. The van der Waals surface area contributed by atoms with Crippen molar-refractivity contribution in [2.24, 2.45) is 5.92 Å². The molecule has 0 fully saturated rings. The van der Waals surface area contributed by atoms with Gasteiger partial charge in [0.15, 0.2) is 0 Å². The van der Waals surface area contributed by atoms with Crippen molar-refractivity contribution >= 4 is 33.4 Å². The van der Waals surface area contributed by atoms with Gasteiger partial charge in [0.2, 0.25) is 5.91 Å². The number of hydrogen-bond donors (Lipinski definition) is 3. The Morgan fingerprint density at radius 3 is 2.76 bits per heavy atom. The molecule has 1 amide bonds. The van der Waals surface area contributed by atoms with Crippen LogP contribution in [0.25, 0.3) is 27.5 Å². The maximum Gasteiger partial charge on any atom is 0.243 e. The number of carbonyl (C=O) groups is 1. The number of aliphatic hydroxyl groups excluding tert-OH is 1. The van der Waals surface area contributed by atoms with Crippen molar-refractivity contribution in [1.29, 1.82) is 0 Å². The largest absolute Gasteiger partial charge is 0.455 e. The first kappa shape index (κ1) is 19.4. The van der Waals surface area contributed by atoms with Crippen molar-refractivity contribution < 1.29 is 19.5 Å². The fraction of sp³-hybridized carbons (Fsp3) is 0.292. The molecule has 0 radical (unpaired) electrons. The summed E-state index contributed by atoms with van der Waals surface area (Å²) >= 11 is 0. The van der Waals surface area contributed by atoms with E-state index < -0.39 is 6.10 Å². The van der Waals surface area contributed by atoms with Gasteiger partial charge in [0, 0.05) is 28.7 Å². The molecule has 29 heavy (non-hydrogen) atoms. The molecular formula is C24H25NO4. The number of unbranched alkanes of at least 4 members (excludes halogenated alkanes) is 1. The van der Waals surface area contributed by atoms with Crippen LogP contribution in [0.5, 0.6) is 0 Å². The summed E-state index contributed by atoms with van der Waals surface area (Å²) < 4.78 is 6.13. The van der Waals surface area contributed by atoms with Crippen LogP contribution in [0.1, 0.15) is 37.7 Å². The Morgan fingerprint density at radius 1 is 1.14 bits per heavy atom. The van der Waals surface area contributed by atoms with Gasteiger partial charge in [-0.25, -0.2) is 5.48 Å². The zero-order valence-corrected chi connectivity index (χ0v) is 16.2. The smallest absolute Gasteiger partial charge is 0.243 e. The van der Waals surface area contributed by atoms with Crippen LogP contribution in [0.4, 0.5) is 0 Å². The molecule has 2 atom stereocenters. The zero-order valence-electron chi connectivity index (χ0n) is 16.2. The molecule has 2 unspecified atom stereocenters. The number of rotatable bonds is 7. The van der Waals surface area contributed by atoms with E-state index >= 15 is 0 Å². The Balaban J connectivity index is 1.44. The molecule has 5 heteroatoms. The lowest BCUT2D eigenvalue weighted by molar-refractivity contribution is -0.129. The average Bonchev–Trinajstić information content (AvgIpc) is 3.15. The van der Waals surface area contributed by atoms with Gasteiger partial charge in [-0.05, 0) is 30.9 Å². The molecule has 0 bridgehead atoms. The molecule has 0 spiro atoms. The lowest BCUT2D eigenvalue weighted by atomic mass is 9.87. The van der Waals surface area contributed by atoms with Crippen LogP contribution >= 0.6 is 0 Å². The number of carbonyl (C=O) groups excluding carboxylic acids is 1. The second-order valence-electron chi connectivity index (χ2n) is 7.55. The Kier molecular flexibility index (Phi) is 5.79. The molecule has 1 aromatic heterocycles. The maximum atomic E-state index is 11.0. The van der Waals surface area contributed by atoms with Gasteiger partial charge in [-0.3, -0.25) is 10.0 Å². The number of amides is 1. The second kappa shape index (κ2) is 8.64. The van der Waals surface area contributed by atoms with E-state index in [2.05, 4.69) is 42.5 Å². The highest BCUT2D eigenvalue weighted by atomic mass is 16.5. The van der Waals surface area contributed by atoms with Crippen LogP contribution in [0.3, 0.4) is 0 Å². The monoisotopic (exact) mass is 391 g/mol. The van der Waals surface area contributed by atoms with Crippen LogP contribution < -0.4 is 5.48 Å². The minimum absolute atomic E-state index is 0.0697. The molecule has 1 aliphatic rings. The predicted molar refractivity (Wildman–Crippen MR) is 113 cm³/mol. The van der Waals surface area contributed by atoms with Gasteiger partial charge >= 0.3 is 0 Å². The summed E-state index contributed by atoms with van der Waals surface area (Å²) in [5.41, 5.74) is 5.59. The van der Waals surface area contributed by atoms with Gasteiger partial charge < -0.3 is 9.52 Å². The predicted octanol–water partition coefficient (Wildman–Crippen LogP) is 4.97. The van der Waals surface area contributed by atoms with Crippen molar-refractivity contribution in [3.05, 3.63) is 66.3 Å². The number of hydroxylamine groups is 1. The van der Waals surface area contributed by atoms with E-state index in [0.29, 0.717) is 12.8 Å². The Bertz CT molecular complexity index is 1080. The van der Waals surface area contributed by atoms with Gasteiger partial charge in [-0.15, -0.1) is 0 Å². The molecule has 2 aromatic carbocycles. The zero-order chi connectivity index (χ0) is 20.2. The first-order chi connectivity index (χ1) is 14.2. The molecule has 1 aliphatic carbocycles. The van der Waals surface area contributed by atoms with Crippen LogP contribution in [0.15, 0.2) is 65.1 Å². The SMILES string of the molecule is O=C(CCCCC(O)C1C=CC(c2cccc3c2oc2ccccc23)=CC1)NO. The second-order valence-corrected chi connectivity index (χ2v) is 7.55. The summed E-state index contributed by atoms with van der Waals surface area (Å²) in [5.74, 6) is -0.315. The standard InChI is InChI=1S/C24H25NO4/c26-21(9-2-4-11-23(27)25-28)17-14-12-16(13-15-17)18-7-5-8-20-19-6-1-3-10-22(19)29-24(18)20/h1,3,5-8,10,12-14,17,21,26,28H,2,4,9,11,15H2,(H,25,27). The summed E-state index contributed by atoms with van der Waals surface area (Å²) in [6.07, 6.45) is 8.92. The number of nitrogens with one attached hydrogen (secondary N) is 1. The molecule has 0 saturated carbocycles. The molecule has 5 nitrogen and oxygen atoms in total. The molecule has 4 rings (SSSR count). The highest BCUT2D eigenvalue weighted by Crippen LogP contribution is 2.36.